The van der Waals surface area contributed by atoms with E-state index in [0.29, 0.717) is 22.3 Å². The third-order valence-corrected chi connectivity index (χ3v) is 5.39. The van der Waals surface area contributed by atoms with Crippen molar-refractivity contribution in [3.05, 3.63) is 40.1 Å². The maximum atomic E-state index is 12.4. The van der Waals surface area contributed by atoms with Crippen molar-refractivity contribution < 1.29 is 8.42 Å². The van der Waals surface area contributed by atoms with Crippen molar-refractivity contribution in [1.29, 1.82) is 0 Å². The summed E-state index contributed by atoms with van der Waals surface area (Å²) in [5.41, 5.74) is 2.46. The molecule has 19 heavy (non-hydrogen) atoms. The zero-order valence-electron chi connectivity index (χ0n) is 10.2. The van der Waals surface area contributed by atoms with Crippen molar-refractivity contribution in [3.63, 3.8) is 0 Å². The second-order valence-corrected chi connectivity index (χ2v) is 7.06. The van der Waals surface area contributed by atoms with Crippen LogP contribution in [0.15, 0.2) is 30.0 Å². The van der Waals surface area contributed by atoms with Crippen LogP contribution in [0.5, 0.6) is 0 Å². The molecule has 0 bridgehead atoms. The molecule has 0 N–H and O–H groups in total. The summed E-state index contributed by atoms with van der Waals surface area (Å²) in [5, 5.41) is 0. The quantitative estimate of drug-likeness (QED) is 0.850. The Morgan fingerprint density at radius 1 is 1.47 bits per heavy atom. The Kier molecular flexibility index (Phi) is 4.38. The average Bonchev–Trinajstić information content (AvgIpc) is 2.76. The zero-order chi connectivity index (χ0) is 13.9. The Labute approximate surface area is 120 Å². The molecular formula is C11H12ClN3O2S2. The largest absolute Gasteiger partial charge is 0.269 e. The predicted molar refractivity (Wildman–Crippen MR) is 77.0 cm³/mol. The van der Waals surface area contributed by atoms with Crippen LogP contribution in [0, 0.1) is 0 Å². The summed E-state index contributed by atoms with van der Waals surface area (Å²) in [4.78, 5) is 7.91. The summed E-state index contributed by atoms with van der Waals surface area (Å²) in [6, 6.07) is 3.40. The van der Waals surface area contributed by atoms with E-state index in [1.165, 1.54) is 27.3 Å². The summed E-state index contributed by atoms with van der Waals surface area (Å²) >= 11 is 7.12. The van der Waals surface area contributed by atoms with Crippen molar-refractivity contribution in [2.24, 2.45) is 0 Å². The number of pyridine rings is 1. The van der Waals surface area contributed by atoms with Crippen LogP contribution in [-0.4, -0.2) is 24.9 Å². The van der Waals surface area contributed by atoms with E-state index in [9.17, 15) is 8.42 Å². The molecule has 0 atom stereocenters. The molecule has 2 aromatic heterocycles. The van der Waals surface area contributed by atoms with E-state index >= 15 is 0 Å². The monoisotopic (exact) mass is 317 g/mol. The van der Waals surface area contributed by atoms with Crippen molar-refractivity contribution in [2.45, 2.75) is 12.7 Å². The lowest BCUT2D eigenvalue weighted by Crippen LogP contribution is -2.32. The molecular weight excluding hydrogens is 306 g/mol. The molecule has 0 aromatic carbocycles. The molecule has 0 saturated carbocycles. The van der Waals surface area contributed by atoms with Crippen molar-refractivity contribution in [2.75, 3.05) is 10.8 Å². The lowest BCUT2D eigenvalue weighted by atomic mass is 10.4. The van der Waals surface area contributed by atoms with Crippen molar-refractivity contribution in [3.8, 4) is 0 Å². The molecule has 0 unspecified atom stereocenters. The lowest BCUT2D eigenvalue weighted by Gasteiger charge is -2.21. The maximum Gasteiger partial charge on any atom is 0.241 e. The molecule has 2 rings (SSSR count). The van der Waals surface area contributed by atoms with Gasteiger partial charge in [0.2, 0.25) is 10.0 Å². The van der Waals surface area contributed by atoms with Gasteiger partial charge in [-0.1, -0.05) is 11.6 Å². The highest BCUT2D eigenvalue weighted by molar-refractivity contribution is 7.92. The molecule has 0 aliphatic carbocycles. The van der Waals surface area contributed by atoms with Crippen LogP contribution < -0.4 is 4.31 Å². The Hall–Kier alpha value is -1.18. The number of halogens is 1. The second kappa shape index (κ2) is 5.85. The van der Waals surface area contributed by atoms with E-state index in [-0.39, 0.29) is 5.75 Å². The molecule has 0 radical (unpaired) electrons. The first kappa shape index (κ1) is 14.2. The standard InChI is InChI=1S/C11H12ClN3O2S2/c1-2-15(9-4-3-5-13-6-9)19(16,17)7-10-11(12)18-8-14-10/h3-6,8H,2,7H2,1H3. The summed E-state index contributed by atoms with van der Waals surface area (Å²) in [6.07, 6.45) is 3.12. The molecule has 0 aliphatic rings. The number of aromatic nitrogens is 2. The molecule has 102 valence electrons. The first-order valence-corrected chi connectivity index (χ1v) is 8.39. The summed E-state index contributed by atoms with van der Waals surface area (Å²) in [5.74, 6) is -0.210. The van der Waals surface area contributed by atoms with Crippen LogP contribution in [0.1, 0.15) is 12.6 Å². The number of hydrogen-bond acceptors (Lipinski definition) is 5. The van der Waals surface area contributed by atoms with Crippen LogP contribution in [-0.2, 0) is 15.8 Å². The van der Waals surface area contributed by atoms with Crippen LogP contribution in [0.2, 0.25) is 4.34 Å². The molecule has 8 heteroatoms. The third kappa shape index (κ3) is 3.23. The van der Waals surface area contributed by atoms with Gasteiger partial charge < -0.3 is 0 Å². The zero-order valence-corrected chi connectivity index (χ0v) is 12.5. The first-order valence-electron chi connectivity index (χ1n) is 5.53. The molecule has 0 fully saturated rings. The summed E-state index contributed by atoms with van der Waals surface area (Å²) in [6.45, 7) is 2.10. The minimum Gasteiger partial charge on any atom is -0.269 e. The molecule has 0 aliphatic heterocycles. The normalized spacial score (nSPS) is 11.5. The molecule has 0 amide bonds. The predicted octanol–water partition coefficient (Wildman–Crippen LogP) is 2.55. The van der Waals surface area contributed by atoms with E-state index < -0.39 is 10.0 Å². The highest BCUT2D eigenvalue weighted by Gasteiger charge is 2.24. The Morgan fingerprint density at radius 2 is 2.26 bits per heavy atom. The van der Waals surface area contributed by atoms with Crippen LogP contribution >= 0.6 is 22.9 Å². The van der Waals surface area contributed by atoms with Crippen LogP contribution in [0.4, 0.5) is 5.69 Å². The van der Waals surface area contributed by atoms with E-state index in [0.717, 1.165) is 0 Å². The lowest BCUT2D eigenvalue weighted by molar-refractivity contribution is 0.590. The fourth-order valence-electron chi connectivity index (χ4n) is 1.64. The Morgan fingerprint density at radius 3 is 2.79 bits per heavy atom. The van der Waals surface area contributed by atoms with Crippen molar-refractivity contribution >= 4 is 38.6 Å². The van der Waals surface area contributed by atoms with E-state index in [2.05, 4.69) is 9.97 Å². The smallest absolute Gasteiger partial charge is 0.241 e. The molecule has 2 heterocycles. The van der Waals surface area contributed by atoms with Gasteiger partial charge in [0.05, 0.1) is 23.1 Å². The van der Waals surface area contributed by atoms with Gasteiger partial charge in [0.25, 0.3) is 0 Å². The van der Waals surface area contributed by atoms with Gasteiger partial charge >= 0.3 is 0 Å². The minimum atomic E-state index is -3.52. The fourth-order valence-corrected chi connectivity index (χ4v) is 4.12. The van der Waals surface area contributed by atoms with Crippen molar-refractivity contribution in [1.82, 2.24) is 9.97 Å². The topological polar surface area (TPSA) is 63.2 Å². The molecule has 0 saturated heterocycles. The minimum absolute atomic E-state index is 0.210. The highest BCUT2D eigenvalue weighted by atomic mass is 35.5. The molecule has 0 spiro atoms. The molecule has 2 aromatic rings. The van der Waals surface area contributed by atoms with Gasteiger partial charge in [0.15, 0.2) is 0 Å². The second-order valence-electron chi connectivity index (χ2n) is 3.70. The number of rotatable bonds is 5. The van der Waals surface area contributed by atoms with Gasteiger partial charge in [-0.3, -0.25) is 9.29 Å². The Balaban J connectivity index is 2.30. The summed E-state index contributed by atoms with van der Waals surface area (Å²) in [7, 11) is -3.52. The SMILES string of the molecule is CCN(c1cccnc1)S(=O)(=O)Cc1ncsc1Cl. The number of nitrogens with zero attached hydrogens (tertiary/aromatic N) is 3. The highest BCUT2D eigenvalue weighted by Crippen LogP contribution is 2.24. The third-order valence-electron chi connectivity index (χ3n) is 2.47. The van der Waals surface area contributed by atoms with Gasteiger partial charge in [-0.25, -0.2) is 13.4 Å². The first-order chi connectivity index (χ1) is 9.04. The van der Waals surface area contributed by atoms with Gasteiger partial charge in [0.1, 0.15) is 10.1 Å². The molecule has 5 nitrogen and oxygen atoms in total. The Bertz CT molecular complexity index is 643. The van der Waals surface area contributed by atoms with Gasteiger partial charge in [-0.2, -0.15) is 0 Å². The number of sulfonamides is 1. The fraction of sp³-hybridized carbons (Fsp3) is 0.273. The van der Waals surface area contributed by atoms with Gasteiger partial charge in [-0.15, -0.1) is 11.3 Å². The number of hydrogen-bond donors (Lipinski definition) is 0. The van der Waals surface area contributed by atoms with Crippen LogP contribution in [0.3, 0.4) is 0 Å². The average molecular weight is 318 g/mol. The summed E-state index contributed by atoms with van der Waals surface area (Å²) < 4.78 is 26.5. The number of anilines is 1. The van der Waals surface area contributed by atoms with Gasteiger partial charge in [-0.05, 0) is 19.1 Å². The van der Waals surface area contributed by atoms with Gasteiger partial charge in [0, 0.05) is 12.7 Å². The number of thiazole rings is 1. The van der Waals surface area contributed by atoms with E-state index in [1.54, 1.807) is 25.3 Å². The van der Waals surface area contributed by atoms with E-state index in [1.807, 2.05) is 0 Å². The van der Waals surface area contributed by atoms with Crippen LogP contribution in [0.25, 0.3) is 0 Å². The van der Waals surface area contributed by atoms with E-state index in [4.69, 9.17) is 11.6 Å². The maximum absolute atomic E-state index is 12.4.